The van der Waals surface area contributed by atoms with E-state index in [1.165, 1.54) is 52.8 Å². The largest absolute Gasteiger partial charge is 0.0839 e. The molecule has 0 N–H and O–H groups in total. The third-order valence-electron chi connectivity index (χ3n) is 4.05. The van der Waals surface area contributed by atoms with Gasteiger partial charge in [-0.25, -0.2) is 0 Å². The zero-order valence-corrected chi connectivity index (χ0v) is 12.7. The summed E-state index contributed by atoms with van der Waals surface area (Å²) in [5.74, 6) is 0. The average molecular weight is 274 g/mol. The van der Waals surface area contributed by atoms with Gasteiger partial charge in [-0.1, -0.05) is 74.4 Å². The number of unbranched alkanes of at least 4 members (excludes halogenated alkanes) is 3. The van der Waals surface area contributed by atoms with E-state index in [2.05, 4.69) is 73.7 Å². The van der Waals surface area contributed by atoms with E-state index in [0.29, 0.717) is 0 Å². The minimum atomic E-state index is 1.18. The van der Waals surface area contributed by atoms with Crippen LogP contribution < -0.4 is 0 Å². The molecule has 0 fully saturated rings. The Hall–Kier alpha value is -2.08. The molecule has 0 saturated carbocycles. The number of fused-ring (bicyclic) bond motifs is 2. The lowest BCUT2D eigenvalue weighted by Crippen LogP contribution is -1.80. The SMILES string of the molecule is CCCCCC=Cc1cccc2cc3ccccc3cc12. The van der Waals surface area contributed by atoms with Gasteiger partial charge >= 0.3 is 0 Å². The molecule has 3 aromatic rings. The standard InChI is InChI=1S/C21H22/c1-2-3-4-5-6-10-17-13-9-14-20-15-18-11-7-8-12-19(18)16-21(17)20/h6-16H,2-5H2,1H3. The number of rotatable bonds is 5. The van der Waals surface area contributed by atoms with Crippen molar-refractivity contribution in [1.29, 1.82) is 0 Å². The Balaban J connectivity index is 1.96. The molecule has 0 aromatic heterocycles. The van der Waals surface area contributed by atoms with Crippen LogP contribution in [0.2, 0.25) is 0 Å². The summed E-state index contributed by atoms with van der Waals surface area (Å²) in [4.78, 5) is 0. The van der Waals surface area contributed by atoms with E-state index in [-0.39, 0.29) is 0 Å². The quantitative estimate of drug-likeness (QED) is 0.364. The van der Waals surface area contributed by atoms with Gasteiger partial charge in [-0.3, -0.25) is 0 Å². The first-order valence-electron chi connectivity index (χ1n) is 7.96. The van der Waals surface area contributed by atoms with E-state index in [1.807, 2.05) is 0 Å². The summed E-state index contributed by atoms with van der Waals surface area (Å²) in [7, 11) is 0. The molecule has 0 atom stereocenters. The van der Waals surface area contributed by atoms with Crippen molar-refractivity contribution >= 4 is 27.6 Å². The minimum absolute atomic E-state index is 1.18. The van der Waals surface area contributed by atoms with Crippen LogP contribution in [0.3, 0.4) is 0 Å². The highest BCUT2D eigenvalue weighted by atomic mass is 14.0. The van der Waals surface area contributed by atoms with Gasteiger partial charge in [0.2, 0.25) is 0 Å². The molecule has 0 nitrogen and oxygen atoms in total. The predicted octanol–water partition coefficient (Wildman–Crippen LogP) is 6.59. The monoisotopic (exact) mass is 274 g/mol. The molecule has 3 rings (SSSR count). The van der Waals surface area contributed by atoms with Crippen molar-refractivity contribution in [1.82, 2.24) is 0 Å². The molecule has 0 amide bonds. The van der Waals surface area contributed by atoms with Gasteiger partial charge in [0, 0.05) is 0 Å². The molecule has 0 aliphatic rings. The summed E-state index contributed by atoms with van der Waals surface area (Å²) in [6.07, 6.45) is 9.68. The van der Waals surface area contributed by atoms with Crippen molar-refractivity contribution in [3.63, 3.8) is 0 Å². The summed E-state index contributed by atoms with van der Waals surface area (Å²) in [5.41, 5.74) is 1.33. The summed E-state index contributed by atoms with van der Waals surface area (Å²) in [6, 6.07) is 19.8. The molecule has 0 saturated heterocycles. The first-order chi connectivity index (χ1) is 10.4. The summed E-state index contributed by atoms with van der Waals surface area (Å²) in [5, 5.41) is 5.30. The van der Waals surface area contributed by atoms with Crippen LogP contribution in [-0.2, 0) is 0 Å². The molecule has 0 bridgehead atoms. The van der Waals surface area contributed by atoms with Crippen molar-refractivity contribution in [2.45, 2.75) is 32.6 Å². The summed E-state index contributed by atoms with van der Waals surface area (Å²) >= 11 is 0. The Labute approximate surface area is 127 Å². The fourth-order valence-electron chi connectivity index (χ4n) is 2.86. The summed E-state index contributed by atoms with van der Waals surface area (Å²) in [6.45, 7) is 2.25. The highest BCUT2D eigenvalue weighted by Crippen LogP contribution is 2.26. The Morgan fingerprint density at radius 3 is 2.38 bits per heavy atom. The summed E-state index contributed by atoms with van der Waals surface area (Å²) < 4.78 is 0. The molecular formula is C21H22. The molecule has 3 aromatic carbocycles. The van der Waals surface area contributed by atoms with E-state index in [1.54, 1.807) is 0 Å². The van der Waals surface area contributed by atoms with E-state index >= 15 is 0 Å². The lowest BCUT2D eigenvalue weighted by molar-refractivity contribution is 0.730. The molecular weight excluding hydrogens is 252 g/mol. The second-order valence-corrected chi connectivity index (χ2v) is 5.67. The third-order valence-corrected chi connectivity index (χ3v) is 4.05. The van der Waals surface area contributed by atoms with E-state index in [0.717, 1.165) is 0 Å². The van der Waals surface area contributed by atoms with Crippen LogP contribution in [0.4, 0.5) is 0 Å². The first kappa shape index (κ1) is 13.9. The maximum absolute atomic E-state index is 2.32. The van der Waals surface area contributed by atoms with E-state index in [4.69, 9.17) is 0 Å². The number of allylic oxidation sites excluding steroid dienone is 1. The molecule has 106 valence electrons. The van der Waals surface area contributed by atoms with Gasteiger partial charge in [-0.15, -0.1) is 0 Å². The first-order valence-corrected chi connectivity index (χ1v) is 7.96. The Bertz CT molecular complexity index is 765. The molecule has 0 spiro atoms. The van der Waals surface area contributed by atoms with Gasteiger partial charge < -0.3 is 0 Å². The zero-order chi connectivity index (χ0) is 14.5. The maximum Gasteiger partial charge on any atom is -0.0105 e. The maximum atomic E-state index is 2.32. The topological polar surface area (TPSA) is 0 Å². The van der Waals surface area contributed by atoms with Gasteiger partial charge in [0.05, 0.1) is 0 Å². The lowest BCUT2D eigenvalue weighted by Gasteiger charge is -2.05. The minimum Gasteiger partial charge on any atom is -0.0839 e. The van der Waals surface area contributed by atoms with E-state index < -0.39 is 0 Å². The van der Waals surface area contributed by atoms with Gasteiger partial charge in [0.15, 0.2) is 0 Å². The van der Waals surface area contributed by atoms with Crippen LogP contribution in [0.15, 0.2) is 60.7 Å². The molecule has 0 heteroatoms. The normalized spacial score (nSPS) is 11.7. The molecule has 0 heterocycles. The second-order valence-electron chi connectivity index (χ2n) is 5.67. The highest BCUT2D eigenvalue weighted by Gasteiger charge is 2.00. The third kappa shape index (κ3) is 3.16. The van der Waals surface area contributed by atoms with Gasteiger partial charge in [-0.05, 0) is 52.1 Å². The van der Waals surface area contributed by atoms with Crippen molar-refractivity contribution in [2.75, 3.05) is 0 Å². The van der Waals surface area contributed by atoms with Crippen molar-refractivity contribution in [2.24, 2.45) is 0 Å². The molecule has 0 radical (unpaired) electrons. The molecule has 0 aliphatic carbocycles. The van der Waals surface area contributed by atoms with Gasteiger partial charge in [0.25, 0.3) is 0 Å². The number of hydrogen-bond donors (Lipinski definition) is 0. The zero-order valence-electron chi connectivity index (χ0n) is 12.7. The van der Waals surface area contributed by atoms with E-state index in [9.17, 15) is 0 Å². The fourth-order valence-corrected chi connectivity index (χ4v) is 2.86. The number of benzene rings is 3. The van der Waals surface area contributed by atoms with Crippen LogP contribution in [0.5, 0.6) is 0 Å². The fraction of sp³-hybridized carbons (Fsp3) is 0.238. The average Bonchev–Trinajstić information content (AvgIpc) is 2.53. The Kier molecular flexibility index (Phi) is 4.35. The molecule has 0 aliphatic heterocycles. The van der Waals surface area contributed by atoms with Crippen LogP contribution in [-0.4, -0.2) is 0 Å². The number of hydrogen-bond acceptors (Lipinski definition) is 0. The predicted molar refractivity (Wildman–Crippen MR) is 94.6 cm³/mol. The molecule has 0 unspecified atom stereocenters. The van der Waals surface area contributed by atoms with Gasteiger partial charge in [0.1, 0.15) is 0 Å². The van der Waals surface area contributed by atoms with Crippen molar-refractivity contribution < 1.29 is 0 Å². The van der Waals surface area contributed by atoms with Crippen LogP contribution in [0.25, 0.3) is 27.6 Å². The highest BCUT2D eigenvalue weighted by molar-refractivity contribution is 6.01. The van der Waals surface area contributed by atoms with Crippen LogP contribution >= 0.6 is 0 Å². The smallest absolute Gasteiger partial charge is 0.0105 e. The van der Waals surface area contributed by atoms with Crippen molar-refractivity contribution in [3.05, 3.63) is 66.2 Å². The molecule has 21 heavy (non-hydrogen) atoms. The van der Waals surface area contributed by atoms with Crippen LogP contribution in [0, 0.1) is 0 Å². The Morgan fingerprint density at radius 1 is 0.810 bits per heavy atom. The van der Waals surface area contributed by atoms with Crippen LogP contribution in [0.1, 0.15) is 38.2 Å². The Morgan fingerprint density at radius 2 is 1.57 bits per heavy atom. The second kappa shape index (κ2) is 6.58. The lowest BCUT2D eigenvalue weighted by atomic mass is 9.99. The van der Waals surface area contributed by atoms with Crippen molar-refractivity contribution in [3.8, 4) is 0 Å². The van der Waals surface area contributed by atoms with Gasteiger partial charge in [-0.2, -0.15) is 0 Å².